The van der Waals surface area contributed by atoms with E-state index in [9.17, 15) is 4.79 Å². The van der Waals surface area contributed by atoms with Crippen molar-refractivity contribution in [3.63, 3.8) is 0 Å². The predicted octanol–water partition coefficient (Wildman–Crippen LogP) is 4.00. The minimum atomic E-state index is -0.364. The molecule has 138 valence electrons. The van der Waals surface area contributed by atoms with Crippen LogP contribution in [0.4, 0.5) is 0 Å². The third-order valence-electron chi connectivity index (χ3n) is 4.04. The molecule has 2 rings (SSSR count). The molecule has 0 spiro atoms. The number of esters is 1. The van der Waals surface area contributed by atoms with Gasteiger partial charge in [-0.25, -0.2) is 4.79 Å². The lowest BCUT2D eigenvalue weighted by atomic mass is 10.1. The van der Waals surface area contributed by atoms with Crippen LogP contribution in [0.3, 0.4) is 0 Å². The highest BCUT2D eigenvalue weighted by Crippen LogP contribution is 2.28. The van der Waals surface area contributed by atoms with Crippen molar-refractivity contribution in [2.45, 2.75) is 45.1 Å². The molecule has 1 aliphatic rings. The van der Waals surface area contributed by atoms with Crippen LogP contribution in [0.1, 0.15) is 44.6 Å². The van der Waals surface area contributed by atoms with Crippen molar-refractivity contribution in [2.24, 2.45) is 0 Å². The molecule has 1 aromatic carbocycles. The largest absolute Gasteiger partial charge is 0.493 e. The molecule has 0 radical (unpaired) electrons. The number of rotatable bonds is 9. The molecule has 1 aliphatic heterocycles. The van der Waals surface area contributed by atoms with Gasteiger partial charge in [-0.05, 0) is 49.5 Å². The molecule has 1 unspecified atom stereocenters. The summed E-state index contributed by atoms with van der Waals surface area (Å²) in [6, 6.07) is 5.59. The van der Waals surface area contributed by atoms with Crippen LogP contribution in [0.5, 0.6) is 11.5 Å². The van der Waals surface area contributed by atoms with Gasteiger partial charge in [0.05, 0.1) is 19.8 Å². The zero-order valence-electron chi connectivity index (χ0n) is 15.2. The van der Waals surface area contributed by atoms with Crippen molar-refractivity contribution in [3.8, 4) is 11.5 Å². The number of methoxy groups -OCH3 is 1. The highest BCUT2D eigenvalue weighted by Gasteiger charge is 2.15. The Bertz CT molecular complexity index is 561. The van der Waals surface area contributed by atoms with E-state index in [0.717, 1.165) is 44.3 Å². The minimum absolute atomic E-state index is 0.0331. The minimum Gasteiger partial charge on any atom is -0.493 e. The van der Waals surface area contributed by atoms with Crippen molar-refractivity contribution in [1.29, 1.82) is 0 Å². The van der Waals surface area contributed by atoms with E-state index < -0.39 is 0 Å². The summed E-state index contributed by atoms with van der Waals surface area (Å²) >= 11 is 0. The summed E-state index contributed by atoms with van der Waals surface area (Å²) in [6.07, 6.45) is 8.42. The van der Waals surface area contributed by atoms with Crippen LogP contribution in [0.2, 0.25) is 0 Å². The summed E-state index contributed by atoms with van der Waals surface area (Å²) in [5.41, 5.74) is 0.852. The summed E-state index contributed by atoms with van der Waals surface area (Å²) in [7, 11) is 1.61. The molecule has 0 amide bonds. The van der Waals surface area contributed by atoms with E-state index in [-0.39, 0.29) is 12.1 Å². The summed E-state index contributed by atoms with van der Waals surface area (Å²) in [5, 5.41) is 0. The zero-order chi connectivity index (χ0) is 17.9. The fourth-order valence-corrected chi connectivity index (χ4v) is 2.56. The molecular weight excluding hydrogens is 320 g/mol. The van der Waals surface area contributed by atoms with Crippen molar-refractivity contribution >= 4 is 12.0 Å². The second-order valence-corrected chi connectivity index (χ2v) is 6.06. The second-order valence-electron chi connectivity index (χ2n) is 6.06. The average molecular weight is 348 g/mol. The highest BCUT2D eigenvalue weighted by molar-refractivity contribution is 5.87. The van der Waals surface area contributed by atoms with E-state index in [1.807, 2.05) is 18.2 Å². The number of carbonyl (C=O) groups is 1. The molecule has 0 saturated carbocycles. The second kappa shape index (κ2) is 10.8. The van der Waals surface area contributed by atoms with E-state index in [4.69, 9.17) is 18.9 Å². The van der Waals surface area contributed by atoms with Crippen LogP contribution in [-0.4, -0.2) is 39.0 Å². The summed E-state index contributed by atoms with van der Waals surface area (Å²) in [6.45, 7) is 3.85. The van der Waals surface area contributed by atoms with Gasteiger partial charge in [0, 0.05) is 12.7 Å². The van der Waals surface area contributed by atoms with E-state index in [2.05, 4.69) is 6.92 Å². The fraction of sp³-hybridized carbons (Fsp3) is 0.550. The van der Waals surface area contributed by atoms with Gasteiger partial charge in [0.25, 0.3) is 0 Å². The van der Waals surface area contributed by atoms with Crippen LogP contribution in [-0.2, 0) is 14.3 Å². The molecular formula is C20H28O5. The number of carbonyl (C=O) groups excluding carboxylic acids is 1. The maximum Gasteiger partial charge on any atom is 0.330 e. The third-order valence-corrected chi connectivity index (χ3v) is 4.04. The van der Waals surface area contributed by atoms with Gasteiger partial charge in [0.2, 0.25) is 0 Å². The van der Waals surface area contributed by atoms with Crippen molar-refractivity contribution in [1.82, 2.24) is 0 Å². The maximum atomic E-state index is 11.8. The lowest BCUT2D eigenvalue weighted by Crippen LogP contribution is -2.25. The van der Waals surface area contributed by atoms with Gasteiger partial charge in [0.1, 0.15) is 6.61 Å². The van der Waals surface area contributed by atoms with Crippen LogP contribution < -0.4 is 9.47 Å². The number of benzene rings is 1. The molecule has 1 heterocycles. The number of ether oxygens (including phenoxy) is 4. The molecule has 1 aromatic rings. The van der Waals surface area contributed by atoms with E-state index in [1.165, 1.54) is 6.08 Å². The van der Waals surface area contributed by atoms with Crippen molar-refractivity contribution < 1.29 is 23.7 Å². The Morgan fingerprint density at radius 3 is 2.92 bits per heavy atom. The quantitative estimate of drug-likeness (QED) is 0.383. The average Bonchev–Trinajstić information content (AvgIpc) is 2.66. The lowest BCUT2D eigenvalue weighted by molar-refractivity contribution is -0.143. The van der Waals surface area contributed by atoms with Crippen LogP contribution in [0.25, 0.3) is 6.08 Å². The van der Waals surface area contributed by atoms with Gasteiger partial charge >= 0.3 is 5.97 Å². The smallest absolute Gasteiger partial charge is 0.330 e. The number of hydrogen-bond acceptors (Lipinski definition) is 5. The van der Waals surface area contributed by atoms with Crippen molar-refractivity contribution in [3.05, 3.63) is 29.8 Å². The maximum absolute atomic E-state index is 11.8. The van der Waals surface area contributed by atoms with Gasteiger partial charge in [-0.15, -0.1) is 0 Å². The molecule has 5 heteroatoms. The fourth-order valence-electron chi connectivity index (χ4n) is 2.56. The Hall–Kier alpha value is -2.01. The standard InChI is InChI=1S/C20H28O5/c1-3-4-12-24-18-10-8-16(14-19(18)22-2)9-11-20(21)25-15-17-7-5-6-13-23-17/h8-11,14,17H,3-7,12-13,15H2,1-2H3. The molecule has 0 N–H and O–H groups in total. The van der Waals surface area contributed by atoms with Gasteiger partial charge in [-0.1, -0.05) is 19.4 Å². The highest BCUT2D eigenvalue weighted by atomic mass is 16.6. The molecule has 1 saturated heterocycles. The first-order chi connectivity index (χ1) is 12.2. The van der Waals surface area contributed by atoms with E-state index >= 15 is 0 Å². The van der Waals surface area contributed by atoms with Gasteiger partial charge in [-0.3, -0.25) is 0 Å². The molecule has 0 bridgehead atoms. The van der Waals surface area contributed by atoms with Crippen LogP contribution >= 0.6 is 0 Å². The number of unbranched alkanes of at least 4 members (excludes halogenated alkanes) is 1. The Kier molecular flexibility index (Phi) is 8.32. The lowest BCUT2D eigenvalue weighted by Gasteiger charge is -2.21. The Labute approximate surface area is 149 Å². The third kappa shape index (κ3) is 6.78. The zero-order valence-corrected chi connectivity index (χ0v) is 15.2. The van der Waals surface area contributed by atoms with Crippen LogP contribution in [0, 0.1) is 0 Å². The molecule has 1 fully saturated rings. The topological polar surface area (TPSA) is 54.0 Å². The Morgan fingerprint density at radius 1 is 1.32 bits per heavy atom. The van der Waals surface area contributed by atoms with Gasteiger partial charge < -0.3 is 18.9 Å². The summed E-state index contributed by atoms with van der Waals surface area (Å²) in [4.78, 5) is 11.8. The molecule has 25 heavy (non-hydrogen) atoms. The Balaban J connectivity index is 1.85. The van der Waals surface area contributed by atoms with E-state index in [0.29, 0.717) is 24.7 Å². The normalized spacial score (nSPS) is 17.4. The van der Waals surface area contributed by atoms with E-state index in [1.54, 1.807) is 13.2 Å². The summed E-state index contributed by atoms with van der Waals surface area (Å²) < 4.78 is 21.8. The van der Waals surface area contributed by atoms with Crippen molar-refractivity contribution in [2.75, 3.05) is 26.9 Å². The predicted molar refractivity (Wildman–Crippen MR) is 97.0 cm³/mol. The monoisotopic (exact) mass is 348 g/mol. The Morgan fingerprint density at radius 2 is 2.20 bits per heavy atom. The molecule has 5 nitrogen and oxygen atoms in total. The first kappa shape index (κ1) is 19.3. The van der Waals surface area contributed by atoms with Crippen LogP contribution in [0.15, 0.2) is 24.3 Å². The molecule has 0 aromatic heterocycles. The molecule has 0 aliphatic carbocycles. The first-order valence-electron chi connectivity index (χ1n) is 9.00. The summed E-state index contributed by atoms with van der Waals surface area (Å²) in [5.74, 6) is 1.00. The molecule has 1 atom stereocenters. The first-order valence-corrected chi connectivity index (χ1v) is 9.00. The number of hydrogen-bond donors (Lipinski definition) is 0. The van der Waals surface area contributed by atoms with Gasteiger partial charge in [0.15, 0.2) is 11.5 Å². The van der Waals surface area contributed by atoms with Gasteiger partial charge in [-0.2, -0.15) is 0 Å². The SMILES string of the molecule is CCCCOc1ccc(C=CC(=O)OCC2CCCCO2)cc1OC.